The molecule has 17 heavy (non-hydrogen) atoms. The molecule has 0 bridgehead atoms. The predicted octanol–water partition coefficient (Wildman–Crippen LogP) is 1.53. The first-order valence-corrected chi connectivity index (χ1v) is 4.90. The first kappa shape index (κ1) is 13.0. The van der Waals surface area contributed by atoms with Crippen LogP contribution in [0.5, 0.6) is 0 Å². The molecule has 1 aromatic carbocycles. The van der Waals surface area contributed by atoms with Gasteiger partial charge in [-0.2, -0.15) is 0 Å². The van der Waals surface area contributed by atoms with Crippen LogP contribution >= 0.6 is 0 Å². The molecule has 0 spiro atoms. The molecule has 0 aliphatic heterocycles. The molecule has 0 radical (unpaired) electrons. The highest BCUT2D eigenvalue weighted by atomic mass is 19.1. The largest absolute Gasteiger partial charge is 0.469 e. The highest BCUT2D eigenvalue weighted by molar-refractivity contribution is 6.11. The molecule has 1 aromatic rings. The lowest BCUT2D eigenvalue weighted by Crippen LogP contribution is -2.13. The standard InChI is InChI=1S/C12H11FO4/c1-17-12(16)7-10(14)6-11(15)8-2-4-9(13)5-3-8/h2-5H,6-7H2,1H3. The van der Waals surface area contributed by atoms with Crippen LogP contribution in [-0.4, -0.2) is 24.6 Å². The molecule has 0 aliphatic rings. The third kappa shape index (κ3) is 4.14. The van der Waals surface area contributed by atoms with Crippen molar-refractivity contribution in [3.63, 3.8) is 0 Å². The van der Waals surface area contributed by atoms with E-state index >= 15 is 0 Å². The minimum Gasteiger partial charge on any atom is -0.469 e. The van der Waals surface area contributed by atoms with Gasteiger partial charge in [0.2, 0.25) is 0 Å². The van der Waals surface area contributed by atoms with Crippen LogP contribution in [0.2, 0.25) is 0 Å². The Kier molecular flexibility index (Phi) is 4.51. The summed E-state index contributed by atoms with van der Waals surface area (Å²) in [7, 11) is 1.16. The number of methoxy groups -OCH3 is 1. The van der Waals surface area contributed by atoms with Gasteiger partial charge in [0.25, 0.3) is 0 Å². The number of rotatable bonds is 5. The van der Waals surface area contributed by atoms with Gasteiger partial charge in [-0.25, -0.2) is 4.39 Å². The number of carbonyl (C=O) groups is 3. The summed E-state index contributed by atoms with van der Waals surface area (Å²) in [5.74, 6) is -2.10. The summed E-state index contributed by atoms with van der Waals surface area (Å²) in [5, 5.41) is 0. The van der Waals surface area contributed by atoms with Gasteiger partial charge >= 0.3 is 5.97 Å². The normalized spacial score (nSPS) is 9.76. The number of hydrogen-bond acceptors (Lipinski definition) is 4. The van der Waals surface area contributed by atoms with Crippen LogP contribution in [0.1, 0.15) is 23.2 Å². The number of esters is 1. The van der Waals surface area contributed by atoms with E-state index in [1.807, 2.05) is 0 Å². The van der Waals surface area contributed by atoms with Crippen molar-refractivity contribution in [1.82, 2.24) is 0 Å². The van der Waals surface area contributed by atoms with E-state index < -0.39 is 29.8 Å². The molecule has 0 aromatic heterocycles. The molecule has 0 saturated carbocycles. The monoisotopic (exact) mass is 238 g/mol. The van der Waals surface area contributed by atoms with Gasteiger partial charge in [-0.1, -0.05) is 0 Å². The lowest BCUT2D eigenvalue weighted by molar-refractivity contribution is -0.143. The summed E-state index contributed by atoms with van der Waals surface area (Å²) in [4.78, 5) is 33.6. The van der Waals surface area contributed by atoms with Gasteiger partial charge in [-0.15, -0.1) is 0 Å². The molecule has 0 N–H and O–H groups in total. The molecule has 90 valence electrons. The molecule has 0 atom stereocenters. The molecule has 1 rings (SSSR count). The molecule has 0 saturated heterocycles. The number of hydrogen-bond donors (Lipinski definition) is 0. The predicted molar refractivity (Wildman–Crippen MR) is 57.0 cm³/mol. The average Bonchev–Trinajstić information content (AvgIpc) is 2.29. The molecule has 0 aliphatic carbocycles. The Morgan fingerprint density at radius 3 is 2.24 bits per heavy atom. The van der Waals surface area contributed by atoms with E-state index in [1.54, 1.807) is 0 Å². The number of halogens is 1. The molecule has 5 heteroatoms. The number of ketones is 2. The maximum absolute atomic E-state index is 12.6. The van der Waals surface area contributed by atoms with Gasteiger partial charge in [-0.05, 0) is 24.3 Å². The van der Waals surface area contributed by atoms with Crippen molar-refractivity contribution in [3.8, 4) is 0 Å². The number of Topliss-reactive ketones (excluding diaryl/α,β-unsaturated/α-hetero) is 2. The molecular formula is C12H11FO4. The van der Waals surface area contributed by atoms with Crippen LogP contribution in [-0.2, 0) is 14.3 Å². The molecule has 4 nitrogen and oxygen atoms in total. The van der Waals surface area contributed by atoms with E-state index in [0.717, 1.165) is 19.2 Å². The maximum Gasteiger partial charge on any atom is 0.313 e. The summed E-state index contributed by atoms with van der Waals surface area (Å²) in [6, 6.07) is 4.86. The van der Waals surface area contributed by atoms with E-state index in [1.165, 1.54) is 12.1 Å². The van der Waals surface area contributed by atoms with E-state index in [9.17, 15) is 18.8 Å². The molecule has 0 unspecified atom stereocenters. The summed E-state index contributed by atoms with van der Waals surface area (Å²) >= 11 is 0. The number of ether oxygens (including phenoxy) is 1. The second-order valence-electron chi connectivity index (χ2n) is 3.40. The van der Waals surface area contributed by atoms with Crippen LogP contribution < -0.4 is 0 Å². The van der Waals surface area contributed by atoms with Crippen molar-refractivity contribution in [2.24, 2.45) is 0 Å². The molecule has 0 heterocycles. The van der Waals surface area contributed by atoms with Gasteiger partial charge in [0.1, 0.15) is 12.2 Å². The Labute approximate surface area is 97.4 Å². The zero-order valence-corrected chi connectivity index (χ0v) is 9.23. The van der Waals surface area contributed by atoms with Crippen LogP contribution in [0.15, 0.2) is 24.3 Å². The molecule has 0 fully saturated rings. The van der Waals surface area contributed by atoms with Crippen LogP contribution in [0.25, 0.3) is 0 Å². The Balaban J connectivity index is 2.57. The quantitative estimate of drug-likeness (QED) is 0.443. The zero-order valence-electron chi connectivity index (χ0n) is 9.23. The smallest absolute Gasteiger partial charge is 0.313 e. The third-order valence-electron chi connectivity index (χ3n) is 2.09. The highest BCUT2D eigenvalue weighted by Gasteiger charge is 2.15. The fraction of sp³-hybridized carbons (Fsp3) is 0.250. The van der Waals surface area contributed by atoms with Crippen LogP contribution in [0.3, 0.4) is 0 Å². The van der Waals surface area contributed by atoms with Crippen LogP contribution in [0, 0.1) is 5.82 Å². The van der Waals surface area contributed by atoms with Crippen molar-refractivity contribution >= 4 is 17.5 Å². The van der Waals surface area contributed by atoms with E-state index in [0.29, 0.717) is 0 Å². The topological polar surface area (TPSA) is 60.4 Å². The molecular weight excluding hydrogens is 227 g/mol. The first-order chi connectivity index (χ1) is 8.02. The van der Waals surface area contributed by atoms with Gasteiger partial charge in [0.15, 0.2) is 11.6 Å². The maximum atomic E-state index is 12.6. The van der Waals surface area contributed by atoms with Gasteiger partial charge < -0.3 is 4.74 Å². The van der Waals surface area contributed by atoms with Crippen LogP contribution in [0.4, 0.5) is 4.39 Å². The lowest BCUT2D eigenvalue weighted by Gasteiger charge is -2.00. The van der Waals surface area contributed by atoms with E-state index in [-0.39, 0.29) is 12.0 Å². The van der Waals surface area contributed by atoms with Gasteiger partial charge in [0.05, 0.1) is 13.5 Å². The lowest BCUT2D eigenvalue weighted by atomic mass is 10.0. The van der Waals surface area contributed by atoms with Crippen molar-refractivity contribution in [1.29, 1.82) is 0 Å². The van der Waals surface area contributed by atoms with Gasteiger partial charge in [-0.3, -0.25) is 14.4 Å². The van der Waals surface area contributed by atoms with Crippen molar-refractivity contribution in [2.45, 2.75) is 12.8 Å². The Bertz CT molecular complexity index is 436. The third-order valence-corrected chi connectivity index (χ3v) is 2.09. The fourth-order valence-electron chi connectivity index (χ4n) is 1.21. The second-order valence-corrected chi connectivity index (χ2v) is 3.40. The summed E-state index contributed by atoms with van der Waals surface area (Å²) in [6.45, 7) is 0. The SMILES string of the molecule is COC(=O)CC(=O)CC(=O)c1ccc(F)cc1. The zero-order chi connectivity index (χ0) is 12.8. The fourth-order valence-corrected chi connectivity index (χ4v) is 1.21. The Hall–Kier alpha value is -2.04. The Morgan fingerprint density at radius 1 is 1.12 bits per heavy atom. The van der Waals surface area contributed by atoms with Crippen molar-refractivity contribution in [3.05, 3.63) is 35.6 Å². The molecule has 0 amide bonds. The first-order valence-electron chi connectivity index (χ1n) is 4.90. The number of carbonyl (C=O) groups excluding carboxylic acids is 3. The minimum absolute atomic E-state index is 0.240. The Morgan fingerprint density at radius 2 is 1.71 bits per heavy atom. The summed E-state index contributed by atoms with van der Waals surface area (Å²) < 4.78 is 16.9. The minimum atomic E-state index is -0.679. The second kappa shape index (κ2) is 5.89. The summed E-state index contributed by atoms with van der Waals surface area (Å²) in [5.41, 5.74) is 0.240. The van der Waals surface area contributed by atoms with E-state index in [4.69, 9.17) is 0 Å². The summed E-state index contributed by atoms with van der Waals surface area (Å²) in [6.07, 6.45) is -0.815. The van der Waals surface area contributed by atoms with Gasteiger partial charge in [0, 0.05) is 5.56 Å². The highest BCUT2D eigenvalue weighted by Crippen LogP contribution is 2.07. The number of benzene rings is 1. The van der Waals surface area contributed by atoms with Crippen molar-refractivity contribution in [2.75, 3.05) is 7.11 Å². The van der Waals surface area contributed by atoms with Crippen molar-refractivity contribution < 1.29 is 23.5 Å². The average molecular weight is 238 g/mol. The van der Waals surface area contributed by atoms with E-state index in [2.05, 4.69) is 4.74 Å².